The van der Waals surface area contributed by atoms with Gasteiger partial charge in [0, 0.05) is 24.9 Å². The largest absolute Gasteiger partial charge is 0.497 e. The van der Waals surface area contributed by atoms with E-state index in [1.54, 1.807) is 12.0 Å². The summed E-state index contributed by atoms with van der Waals surface area (Å²) in [7, 11) is 1.63. The minimum absolute atomic E-state index is 0.00382. The van der Waals surface area contributed by atoms with Crippen molar-refractivity contribution >= 4 is 11.8 Å². The Hall–Kier alpha value is -3.60. The van der Waals surface area contributed by atoms with E-state index in [1.807, 2.05) is 81.4 Å². The summed E-state index contributed by atoms with van der Waals surface area (Å²) in [5.41, 5.74) is 3.11. The molecule has 0 saturated carbocycles. The average molecular weight is 473 g/mol. The third kappa shape index (κ3) is 7.19. The third-order valence-corrected chi connectivity index (χ3v) is 6.11. The highest BCUT2D eigenvalue weighted by Gasteiger charge is 2.31. The standard InChI is InChI=1S/C30H36N2O3/c1-5-28(30(34)31-22(2)3)32(21-23-16-18-26(35-4)19-17-23)29(33)20-27(24-12-8-6-9-13-24)25-14-10-7-11-15-25/h6-19,22,27-28H,5,20-21H2,1-4H3,(H,31,34)/t28-/m0/s1. The molecule has 0 fully saturated rings. The summed E-state index contributed by atoms with van der Waals surface area (Å²) < 4.78 is 5.28. The van der Waals surface area contributed by atoms with Crippen LogP contribution in [0.5, 0.6) is 5.75 Å². The number of amides is 2. The molecule has 0 saturated heterocycles. The van der Waals surface area contributed by atoms with Gasteiger partial charge in [-0.05, 0) is 49.1 Å². The number of benzene rings is 3. The molecule has 0 radical (unpaired) electrons. The molecule has 0 aliphatic carbocycles. The van der Waals surface area contributed by atoms with Gasteiger partial charge in [-0.1, -0.05) is 79.7 Å². The first-order valence-corrected chi connectivity index (χ1v) is 12.3. The van der Waals surface area contributed by atoms with Crippen molar-refractivity contribution in [2.45, 2.75) is 58.2 Å². The van der Waals surface area contributed by atoms with Gasteiger partial charge in [0.15, 0.2) is 0 Å². The van der Waals surface area contributed by atoms with Crippen LogP contribution in [0.1, 0.15) is 56.2 Å². The van der Waals surface area contributed by atoms with Gasteiger partial charge in [0.25, 0.3) is 0 Å². The maximum atomic E-state index is 13.9. The topological polar surface area (TPSA) is 58.6 Å². The van der Waals surface area contributed by atoms with Gasteiger partial charge in [-0.3, -0.25) is 9.59 Å². The molecule has 0 unspecified atom stereocenters. The van der Waals surface area contributed by atoms with Gasteiger partial charge in [-0.25, -0.2) is 0 Å². The zero-order valence-corrected chi connectivity index (χ0v) is 21.1. The first-order chi connectivity index (χ1) is 16.9. The van der Waals surface area contributed by atoms with Crippen LogP contribution in [0.2, 0.25) is 0 Å². The Balaban J connectivity index is 1.94. The molecule has 3 aromatic rings. The molecule has 0 aliphatic heterocycles. The summed E-state index contributed by atoms with van der Waals surface area (Å²) in [5.74, 6) is 0.475. The Morgan fingerprint density at radius 1 is 0.857 bits per heavy atom. The van der Waals surface area contributed by atoms with Crippen LogP contribution in [0.3, 0.4) is 0 Å². The Labute approximate surface area is 209 Å². The van der Waals surface area contributed by atoms with E-state index in [0.29, 0.717) is 13.0 Å². The maximum Gasteiger partial charge on any atom is 0.243 e. The molecule has 1 atom stereocenters. The van der Waals surface area contributed by atoms with Crippen molar-refractivity contribution in [1.82, 2.24) is 10.2 Å². The maximum absolute atomic E-state index is 13.9. The molecular weight excluding hydrogens is 436 g/mol. The predicted molar refractivity (Wildman–Crippen MR) is 140 cm³/mol. The first kappa shape index (κ1) is 26.0. The summed E-state index contributed by atoms with van der Waals surface area (Å²) in [4.78, 5) is 28.8. The van der Waals surface area contributed by atoms with Gasteiger partial charge in [-0.2, -0.15) is 0 Å². The van der Waals surface area contributed by atoms with Crippen molar-refractivity contribution in [2.75, 3.05) is 7.11 Å². The highest BCUT2D eigenvalue weighted by molar-refractivity contribution is 5.88. The SMILES string of the molecule is CC[C@@H](C(=O)NC(C)C)N(Cc1ccc(OC)cc1)C(=O)CC(c1ccccc1)c1ccccc1. The molecule has 3 aromatic carbocycles. The second kappa shape index (κ2) is 12.7. The van der Waals surface area contributed by atoms with E-state index in [1.165, 1.54) is 0 Å². The Kier molecular flexibility index (Phi) is 9.47. The summed E-state index contributed by atoms with van der Waals surface area (Å²) in [6, 6.07) is 27.3. The number of rotatable bonds is 11. The monoisotopic (exact) mass is 472 g/mol. The number of carbonyl (C=O) groups is 2. The molecule has 0 aromatic heterocycles. The number of hydrogen-bond acceptors (Lipinski definition) is 3. The lowest BCUT2D eigenvalue weighted by molar-refractivity contribution is -0.141. The second-order valence-electron chi connectivity index (χ2n) is 9.04. The van der Waals surface area contributed by atoms with Crippen molar-refractivity contribution in [2.24, 2.45) is 0 Å². The molecule has 2 amide bonds. The van der Waals surface area contributed by atoms with Crippen LogP contribution in [0.25, 0.3) is 0 Å². The lowest BCUT2D eigenvalue weighted by atomic mass is 9.88. The molecule has 5 heteroatoms. The zero-order valence-electron chi connectivity index (χ0n) is 21.1. The minimum Gasteiger partial charge on any atom is -0.497 e. The quantitative estimate of drug-likeness (QED) is 0.398. The normalized spacial score (nSPS) is 11.8. The fourth-order valence-electron chi connectivity index (χ4n) is 4.32. The Morgan fingerprint density at radius 3 is 1.86 bits per heavy atom. The van der Waals surface area contributed by atoms with Crippen LogP contribution in [0.4, 0.5) is 0 Å². The number of nitrogens with zero attached hydrogens (tertiary/aromatic N) is 1. The average Bonchev–Trinajstić information content (AvgIpc) is 2.88. The van der Waals surface area contributed by atoms with Gasteiger partial charge >= 0.3 is 0 Å². The highest BCUT2D eigenvalue weighted by Crippen LogP contribution is 2.29. The van der Waals surface area contributed by atoms with Crippen LogP contribution in [-0.2, 0) is 16.1 Å². The van der Waals surface area contributed by atoms with E-state index in [9.17, 15) is 9.59 Å². The van der Waals surface area contributed by atoms with E-state index in [4.69, 9.17) is 4.74 Å². The highest BCUT2D eigenvalue weighted by atomic mass is 16.5. The van der Waals surface area contributed by atoms with Crippen molar-refractivity contribution in [3.63, 3.8) is 0 Å². The van der Waals surface area contributed by atoms with Crippen LogP contribution >= 0.6 is 0 Å². The number of nitrogens with one attached hydrogen (secondary N) is 1. The van der Waals surface area contributed by atoms with Gasteiger partial charge < -0.3 is 15.0 Å². The summed E-state index contributed by atoms with van der Waals surface area (Å²) in [5, 5.41) is 3.00. The smallest absolute Gasteiger partial charge is 0.243 e. The van der Waals surface area contributed by atoms with E-state index in [0.717, 1.165) is 22.4 Å². The van der Waals surface area contributed by atoms with Crippen molar-refractivity contribution in [1.29, 1.82) is 0 Å². The van der Waals surface area contributed by atoms with Crippen molar-refractivity contribution in [3.05, 3.63) is 102 Å². The van der Waals surface area contributed by atoms with Gasteiger partial charge in [0.2, 0.25) is 11.8 Å². The molecule has 0 heterocycles. The van der Waals surface area contributed by atoms with Crippen LogP contribution < -0.4 is 10.1 Å². The van der Waals surface area contributed by atoms with Crippen LogP contribution in [0.15, 0.2) is 84.9 Å². The van der Waals surface area contributed by atoms with E-state index in [-0.39, 0.29) is 30.2 Å². The van der Waals surface area contributed by atoms with Crippen molar-refractivity contribution in [3.8, 4) is 5.75 Å². The summed E-state index contributed by atoms with van der Waals surface area (Å²) >= 11 is 0. The minimum atomic E-state index is -0.556. The summed E-state index contributed by atoms with van der Waals surface area (Å²) in [6.07, 6.45) is 0.803. The van der Waals surface area contributed by atoms with E-state index < -0.39 is 6.04 Å². The molecule has 0 aliphatic rings. The van der Waals surface area contributed by atoms with Gasteiger partial charge in [-0.15, -0.1) is 0 Å². The Morgan fingerprint density at radius 2 is 1.40 bits per heavy atom. The van der Waals surface area contributed by atoms with Crippen LogP contribution in [0, 0.1) is 0 Å². The molecule has 5 nitrogen and oxygen atoms in total. The lowest BCUT2D eigenvalue weighted by Gasteiger charge is -2.32. The molecule has 35 heavy (non-hydrogen) atoms. The summed E-state index contributed by atoms with van der Waals surface area (Å²) in [6.45, 7) is 6.16. The Bertz CT molecular complexity index is 1030. The van der Waals surface area contributed by atoms with Crippen LogP contribution in [-0.4, -0.2) is 35.9 Å². The fraction of sp³-hybridized carbons (Fsp3) is 0.333. The number of methoxy groups -OCH3 is 1. The fourth-order valence-corrected chi connectivity index (χ4v) is 4.32. The molecule has 1 N–H and O–H groups in total. The first-order valence-electron chi connectivity index (χ1n) is 12.3. The lowest BCUT2D eigenvalue weighted by Crippen LogP contribution is -2.50. The molecular formula is C30H36N2O3. The zero-order chi connectivity index (χ0) is 25.2. The van der Waals surface area contributed by atoms with E-state index >= 15 is 0 Å². The number of hydrogen-bond donors (Lipinski definition) is 1. The molecule has 0 spiro atoms. The molecule has 0 bridgehead atoms. The molecule has 184 valence electrons. The van der Waals surface area contributed by atoms with Crippen molar-refractivity contribution < 1.29 is 14.3 Å². The third-order valence-electron chi connectivity index (χ3n) is 6.11. The van der Waals surface area contributed by atoms with Gasteiger partial charge in [0.1, 0.15) is 11.8 Å². The van der Waals surface area contributed by atoms with Gasteiger partial charge in [0.05, 0.1) is 7.11 Å². The predicted octanol–water partition coefficient (Wildman–Crippen LogP) is 5.55. The molecule has 3 rings (SSSR count). The second-order valence-corrected chi connectivity index (χ2v) is 9.04. The number of ether oxygens (including phenoxy) is 1. The van der Waals surface area contributed by atoms with E-state index in [2.05, 4.69) is 29.6 Å². The number of carbonyl (C=O) groups excluding carboxylic acids is 2.